The molecule has 0 amide bonds. The second-order valence-corrected chi connectivity index (χ2v) is 7.31. The minimum absolute atomic E-state index is 0.611. The number of rotatable bonds is 3. The summed E-state index contributed by atoms with van der Waals surface area (Å²) in [6.07, 6.45) is 9.48. The van der Waals surface area contributed by atoms with Crippen molar-refractivity contribution >= 4 is 28.9 Å². The Morgan fingerprint density at radius 1 is 1.04 bits per heavy atom. The molecule has 2 aromatic heterocycles. The third kappa shape index (κ3) is 3.68. The molecule has 2 aliphatic heterocycles. The Morgan fingerprint density at radius 2 is 1.88 bits per heavy atom. The highest BCUT2D eigenvalue weighted by Gasteiger charge is 2.21. The van der Waals surface area contributed by atoms with Crippen LogP contribution in [0, 0.1) is 0 Å². The van der Waals surface area contributed by atoms with Crippen molar-refractivity contribution in [3.63, 3.8) is 0 Å². The quantitative estimate of drug-likeness (QED) is 0.820. The van der Waals surface area contributed by atoms with E-state index < -0.39 is 0 Å². The fourth-order valence-electron chi connectivity index (χ4n) is 3.34. The molecule has 0 radical (unpaired) electrons. The van der Waals surface area contributed by atoms with Crippen LogP contribution in [-0.4, -0.2) is 38.7 Å². The molecule has 2 aliphatic rings. The van der Waals surface area contributed by atoms with E-state index in [1.807, 2.05) is 6.20 Å². The van der Waals surface area contributed by atoms with Crippen molar-refractivity contribution in [2.45, 2.75) is 38.8 Å². The lowest BCUT2D eigenvalue weighted by molar-refractivity contribution is 0.243. The van der Waals surface area contributed by atoms with Crippen molar-refractivity contribution in [2.24, 2.45) is 4.99 Å². The molecule has 4 heterocycles. The smallest absolute Gasteiger partial charge is 0.173 e. The number of fused-ring (bicyclic) bond motifs is 1. The van der Waals surface area contributed by atoms with E-state index in [1.165, 1.54) is 18.4 Å². The number of hydrogen-bond acceptors (Lipinski definition) is 5. The summed E-state index contributed by atoms with van der Waals surface area (Å²) in [5.41, 5.74) is 4.30. The molecule has 0 spiro atoms. The maximum atomic E-state index is 6.24. The van der Waals surface area contributed by atoms with Crippen LogP contribution in [0.5, 0.6) is 0 Å². The van der Waals surface area contributed by atoms with Gasteiger partial charge in [-0.05, 0) is 19.3 Å². The maximum absolute atomic E-state index is 6.24. The van der Waals surface area contributed by atoms with Gasteiger partial charge >= 0.3 is 0 Å². The van der Waals surface area contributed by atoms with Gasteiger partial charge in [-0.25, -0.2) is 9.97 Å². The molecule has 5 nitrogen and oxygen atoms in total. The molecule has 0 saturated carbocycles. The lowest BCUT2D eigenvalue weighted by Crippen LogP contribution is -2.31. The largest absolute Gasteiger partial charge is 0.294 e. The van der Waals surface area contributed by atoms with Gasteiger partial charge in [0, 0.05) is 62.3 Å². The van der Waals surface area contributed by atoms with Gasteiger partial charge < -0.3 is 0 Å². The first-order valence-corrected chi connectivity index (χ1v) is 9.35. The molecular weight excluding hydrogens is 357 g/mol. The van der Waals surface area contributed by atoms with Crippen LogP contribution < -0.4 is 0 Å². The fourth-order valence-corrected chi connectivity index (χ4v) is 3.83. The first kappa shape index (κ1) is 16.9. The highest BCUT2D eigenvalue weighted by Crippen LogP contribution is 2.27. The van der Waals surface area contributed by atoms with Gasteiger partial charge in [0.1, 0.15) is 0 Å². The fraction of sp³-hybridized carbons (Fsp3) is 0.444. The van der Waals surface area contributed by atoms with Gasteiger partial charge in [0.2, 0.25) is 0 Å². The highest BCUT2D eigenvalue weighted by atomic mass is 35.5. The van der Waals surface area contributed by atoms with E-state index >= 15 is 0 Å². The van der Waals surface area contributed by atoms with Crippen LogP contribution in [0.25, 0.3) is 0 Å². The van der Waals surface area contributed by atoms with Crippen LogP contribution >= 0.6 is 23.2 Å². The van der Waals surface area contributed by atoms with Crippen LogP contribution in [0.3, 0.4) is 0 Å². The topological polar surface area (TPSA) is 54.3 Å². The van der Waals surface area contributed by atoms with Crippen molar-refractivity contribution in [1.29, 1.82) is 0 Å². The Bertz CT molecular complexity index is 801. The van der Waals surface area contributed by atoms with Crippen molar-refractivity contribution in [3.05, 3.63) is 51.3 Å². The summed E-state index contributed by atoms with van der Waals surface area (Å²) in [6.45, 7) is 3.33. The zero-order valence-corrected chi connectivity index (χ0v) is 15.4. The molecule has 7 heteroatoms. The summed E-state index contributed by atoms with van der Waals surface area (Å²) in [7, 11) is 0. The average molecular weight is 376 g/mol. The number of aromatic nitrogens is 3. The van der Waals surface area contributed by atoms with Gasteiger partial charge in [-0.2, -0.15) is 0 Å². The summed E-state index contributed by atoms with van der Waals surface area (Å²) in [6, 6.07) is 0. The maximum Gasteiger partial charge on any atom is 0.173 e. The second kappa shape index (κ2) is 7.36. The predicted molar refractivity (Wildman–Crippen MR) is 99.4 cm³/mol. The van der Waals surface area contributed by atoms with E-state index in [-0.39, 0.29) is 0 Å². The molecule has 0 fully saturated rings. The molecule has 0 aromatic carbocycles. The third-order valence-electron chi connectivity index (χ3n) is 4.73. The molecule has 0 bridgehead atoms. The van der Waals surface area contributed by atoms with Crippen LogP contribution in [-0.2, 0) is 19.5 Å². The van der Waals surface area contributed by atoms with Gasteiger partial charge in [-0.3, -0.25) is 14.9 Å². The zero-order chi connectivity index (χ0) is 17.2. The van der Waals surface area contributed by atoms with Crippen LogP contribution in [0.2, 0.25) is 10.0 Å². The Hall–Kier alpha value is -1.56. The summed E-state index contributed by atoms with van der Waals surface area (Å²) < 4.78 is 0. The first-order chi connectivity index (χ1) is 12.2. The number of aliphatic imine (C=N–C) groups is 1. The zero-order valence-electron chi connectivity index (χ0n) is 13.9. The number of pyridine rings is 1. The van der Waals surface area contributed by atoms with E-state index in [1.54, 1.807) is 12.4 Å². The first-order valence-electron chi connectivity index (χ1n) is 8.59. The van der Waals surface area contributed by atoms with Crippen molar-refractivity contribution in [1.82, 2.24) is 19.9 Å². The van der Waals surface area contributed by atoms with Crippen LogP contribution in [0.15, 0.2) is 23.6 Å². The lowest BCUT2D eigenvalue weighted by atomic mass is 10.0. The normalized spacial score (nSPS) is 17.9. The van der Waals surface area contributed by atoms with Crippen molar-refractivity contribution in [3.8, 4) is 0 Å². The Kier molecular flexibility index (Phi) is 4.97. The van der Waals surface area contributed by atoms with Crippen LogP contribution in [0.4, 0.5) is 0 Å². The molecule has 4 rings (SSSR count). The molecule has 25 heavy (non-hydrogen) atoms. The van der Waals surface area contributed by atoms with E-state index in [9.17, 15) is 0 Å². The van der Waals surface area contributed by atoms with Crippen molar-refractivity contribution < 1.29 is 0 Å². The van der Waals surface area contributed by atoms with Crippen LogP contribution in [0.1, 0.15) is 41.9 Å². The molecule has 0 unspecified atom stereocenters. The molecular formula is C18H19Cl2N5. The highest BCUT2D eigenvalue weighted by molar-refractivity contribution is 6.35. The molecule has 2 aromatic rings. The summed E-state index contributed by atoms with van der Waals surface area (Å²) >= 11 is 12.5. The Morgan fingerprint density at radius 3 is 2.64 bits per heavy atom. The minimum Gasteiger partial charge on any atom is -0.294 e. The van der Waals surface area contributed by atoms with E-state index in [2.05, 4.69) is 19.9 Å². The molecule has 0 atom stereocenters. The minimum atomic E-state index is 0.611. The Labute approximate surface area is 157 Å². The second-order valence-electron chi connectivity index (χ2n) is 6.49. The van der Waals surface area contributed by atoms with E-state index in [0.29, 0.717) is 16.6 Å². The molecule has 0 N–H and O–H groups in total. The van der Waals surface area contributed by atoms with Gasteiger partial charge in [0.15, 0.2) is 5.82 Å². The van der Waals surface area contributed by atoms with Gasteiger partial charge in [-0.1, -0.05) is 23.2 Å². The number of halogens is 2. The number of hydrogen-bond donors (Lipinski definition) is 0. The summed E-state index contributed by atoms with van der Waals surface area (Å²) in [4.78, 5) is 20.3. The third-order valence-corrected chi connectivity index (χ3v) is 5.38. The molecule has 0 aliphatic carbocycles. The Balaban J connectivity index is 1.51. The molecule has 0 saturated heterocycles. The lowest BCUT2D eigenvalue weighted by Gasteiger charge is -2.28. The van der Waals surface area contributed by atoms with Gasteiger partial charge in [0.25, 0.3) is 0 Å². The number of nitrogens with zero attached hydrogens (tertiary/aromatic N) is 5. The standard InChI is InChI=1S/C18H19Cl2N5/c19-14-8-21-9-15(20)13(14)11-25-6-4-16-12(10-25)7-23-18(24-16)17-3-1-2-5-22-17/h7-9H,1-6,10-11H2. The summed E-state index contributed by atoms with van der Waals surface area (Å²) in [5.74, 6) is 0.812. The van der Waals surface area contributed by atoms with E-state index in [0.717, 1.165) is 55.3 Å². The predicted octanol–water partition coefficient (Wildman–Crippen LogP) is 3.71. The van der Waals surface area contributed by atoms with Crippen molar-refractivity contribution in [2.75, 3.05) is 13.1 Å². The summed E-state index contributed by atoms with van der Waals surface area (Å²) in [5, 5.41) is 1.22. The monoisotopic (exact) mass is 375 g/mol. The van der Waals surface area contributed by atoms with E-state index in [4.69, 9.17) is 28.2 Å². The SMILES string of the molecule is Clc1cncc(Cl)c1CN1CCc2nc(C3=NCCCC3)ncc2C1. The van der Waals surface area contributed by atoms with Gasteiger partial charge in [0.05, 0.1) is 21.5 Å². The molecule has 130 valence electrons. The average Bonchev–Trinajstić information content (AvgIpc) is 2.65. The van der Waals surface area contributed by atoms with Gasteiger partial charge in [-0.15, -0.1) is 0 Å².